The average Bonchev–Trinajstić information content (AvgIpc) is 3.25. The minimum absolute atomic E-state index is 0.218. The Morgan fingerprint density at radius 2 is 1.91 bits per heavy atom. The van der Waals surface area contributed by atoms with Crippen molar-refractivity contribution in [3.8, 4) is 17.1 Å². The molecule has 10 nitrogen and oxygen atoms in total. The number of nitrogen functional groups attached to an aromatic ring is 1. The Morgan fingerprint density at radius 3 is 2.65 bits per heavy atom. The molecule has 0 fully saturated rings. The molecule has 34 heavy (non-hydrogen) atoms. The van der Waals surface area contributed by atoms with Crippen molar-refractivity contribution in [2.45, 2.75) is 19.8 Å². The largest absolute Gasteiger partial charge is 0.489 e. The van der Waals surface area contributed by atoms with Crippen molar-refractivity contribution >= 4 is 25.2 Å². The zero-order valence-corrected chi connectivity index (χ0v) is 19.4. The van der Waals surface area contributed by atoms with Crippen LogP contribution in [0.2, 0.25) is 5.15 Å². The van der Waals surface area contributed by atoms with Crippen molar-refractivity contribution in [3.63, 3.8) is 0 Å². The fourth-order valence-corrected chi connectivity index (χ4v) is 3.63. The van der Waals surface area contributed by atoms with Crippen LogP contribution in [-0.2, 0) is 28.8 Å². The van der Waals surface area contributed by atoms with E-state index in [0.29, 0.717) is 35.2 Å². The molecule has 0 bridgehead atoms. The summed E-state index contributed by atoms with van der Waals surface area (Å²) in [7, 11) is -4.63. The summed E-state index contributed by atoms with van der Waals surface area (Å²) >= 11 is 5.89. The number of phosphoric acid groups is 1. The van der Waals surface area contributed by atoms with E-state index in [0.717, 1.165) is 16.9 Å². The van der Waals surface area contributed by atoms with Crippen LogP contribution in [0.25, 0.3) is 11.3 Å². The molecule has 0 atom stereocenters. The molecule has 4 rings (SSSR count). The van der Waals surface area contributed by atoms with Gasteiger partial charge in [0.25, 0.3) is 5.82 Å². The highest BCUT2D eigenvalue weighted by Gasteiger charge is 2.20. The van der Waals surface area contributed by atoms with E-state index in [1.807, 2.05) is 30.3 Å². The first-order valence-corrected chi connectivity index (χ1v) is 11.9. The molecule has 0 saturated carbocycles. The van der Waals surface area contributed by atoms with E-state index in [4.69, 9.17) is 36.4 Å². The van der Waals surface area contributed by atoms with E-state index < -0.39 is 14.6 Å². The van der Waals surface area contributed by atoms with Gasteiger partial charge in [0.05, 0.1) is 11.9 Å². The molecule has 0 amide bonds. The lowest BCUT2D eigenvalue weighted by Crippen LogP contribution is -2.38. The predicted octanol–water partition coefficient (Wildman–Crippen LogP) is 3.50. The van der Waals surface area contributed by atoms with Crippen LogP contribution in [0.3, 0.4) is 0 Å². The first kappa shape index (κ1) is 23.9. The minimum atomic E-state index is -4.63. The molecule has 4 N–H and O–H groups in total. The first-order valence-electron chi connectivity index (χ1n) is 10.0. The van der Waals surface area contributed by atoms with E-state index in [-0.39, 0.29) is 5.82 Å². The molecule has 0 spiro atoms. The standard InChI is InChI=1S/C22H20ClN4O6P/c23-21-11-16(7-8-25-21)13-31-18-5-3-15(4-6-18)10-17-12-20(33-26-17)19-2-1-9-27(22(19)24)14-32-34(28,29)30/h1-9,11-12,24H,10,13-14H2,(H2,28,29,30)/p+1. The van der Waals surface area contributed by atoms with Crippen LogP contribution >= 0.6 is 19.4 Å². The van der Waals surface area contributed by atoms with E-state index in [1.54, 1.807) is 36.7 Å². The lowest BCUT2D eigenvalue weighted by Gasteiger charge is -2.07. The topological polar surface area (TPSA) is 145 Å². The number of anilines is 1. The summed E-state index contributed by atoms with van der Waals surface area (Å²) in [5, 5.41) is 4.53. The van der Waals surface area contributed by atoms with Crippen molar-refractivity contribution in [3.05, 3.63) is 89.0 Å². The summed E-state index contributed by atoms with van der Waals surface area (Å²) in [5.41, 5.74) is 9.26. The van der Waals surface area contributed by atoms with Gasteiger partial charge in [0.2, 0.25) is 6.73 Å². The van der Waals surface area contributed by atoms with Crippen molar-refractivity contribution < 1.29 is 32.7 Å². The van der Waals surface area contributed by atoms with Gasteiger partial charge in [-0.05, 0) is 47.5 Å². The highest BCUT2D eigenvalue weighted by atomic mass is 35.5. The van der Waals surface area contributed by atoms with Gasteiger partial charge in [-0.25, -0.2) is 18.6 Å². The lowest BCUT2D eigenvalue weighted by molar-refractivity contribution is -0.711. The number of phosphoric ester groups is 1. The monoisotopic (exact) mass is 503 g/mol. The third kappa shape index (κ3) is 6.40. The first-order chi connectivity index (χ1) is 16.3. The maximum atomic E-state index is 11.0. The fourth-order valence-electron chi connectivity index (χ4n) is 3.16. The molecule has 0 unspecified atom stereocenters. The van der Waals surface area contributed by atoms with Crippen LogP contribution in [0.1, 0.15) is 16.8 Å². The highest BCUT2D eigenvalue weighted by Crippen LogP contribution is 2.35. The molecule has 1 aromatic carbocycles. The van der Waals surface area contributed by atoms with E-state index >= 15 is 0 Å². The molecule has 0 aliphatic heterocycles. The summed E-state index contributed by atoms with van der Waals surface area (Å²) in [6.07, 6.45) is 3.70. The van der Waals surface area contributed by atoms with Gasteiger partial charge < -0.3 is 19.0 Å². The molecular formula is C22H21ClN4O6P+. The fraction of sp³-hybridized carbons (Fsp3) is 0.136. The number of nitrogens with zero attached hydrogens (tertiary/aromatic N) is 3. The van der Waals surface area contributed by atoms with Crippen LogP contribution in [-0.4, -0.2) is 19.9 Å². The van der Waals surface area contributed by atoms with Gasteiger partial charge in [0.15, 0.2) is 5.76 Å². The summed E-state index contributed by atoms with van der Waals surface area (Å²) in [6, 6.07) is 16.4. The summed E-state index contributed by atoms with van der Waals surface area (Å²) < 4.78 is 28.1. The Bertz CT molecular complexity index is 1330. The maximum Gasteiger partial charge on any atom is 0.472 e. The third-order valence-corrected chi connectivity index (χ3v) is 5.47. The van der Waals surface area contributed by atoms with Crippen molar-refractivity contribution in [1.29, 1.82) is 0 Å². The van der Waals surface area contributed by atoms with E-state index in [2.05, 4.69) is 14.7 Å². The number of nitrogens with two attached hydrogens (primary N) is 1. The molecule has 176 valence electrons. The lowest BCUT2D eigenvalue weighted by atomic mass is 10.1. The highest BCUT2D eigenvalue weighted by molar-refractivity contribution is 7.46. The van der Waals surface area contributed by atoms with Gasteiger partial charge in [0, 0.05) is 18.7 Å². The average molecular weight is 504 g/mol. The second-order valence-electron chi connectivity index (χ2n) is 7.30. The molecular weight excluding hydrogens is 483 g/mol. The van der Waals surface area contributed by atoms with E-state index in [1.165, 1.54) is 4.57 Å². The Kier molecular flexibility index (Phi) is 7.26. The number of hydrogen-bond donors (Lipinski definition) is 3. The van der Waals surface area contributed by atoms with Crippen LogP contribution in [0, 0.1) is 0 Å². The molecule has 0 radical (unpaired) electrons. The number of aromatic nitrogens is 3. The van der Waals surface area contributed by atoms with Gasteiger partial charge in [-0.3, -0.25) is 5.73 Å². The van der Waals surface area contributed by atoms with Crippen molar-refractivity contribution in [2.24, 2.45) is 0 Å². The van der Waals surface area contributed by atoms with Crippen LogP contribution in [0.4, 0.5) is 5.82 Å². The Labute approximate surface area is 199 Å². The number of halogens is 1. The molecule has 3 heterocycles. The molecule has 4 aromatic rings. The van der Waals surface area contributed by atoms with Gasteiger partial charge in [-0.15, -0.1) is 0 Å². The van der Waals surface area contributed by atoms with Crippen molar-refractivity contribution in [1.82, 2.24) is 10.1 Å². The molecule has 12 heteroatoms. The van der Waals surface area contributed by atoms with Crippen LogP contribution < -0.4 is 15.0 Å². The minimum Gasteiger partial charge on any atom is -0.489 e. The molecule has 0 aliphatic rings. The number of rotatable bonds is 9. The number of pyridine rings is 2. The second-order valence-corrected chi connectivity index (χ2v) is 8.93. The van der Waals surface area contributed by atoms with Gasteiger partial charge in [-0.1, -0.05) is 28.9 Å². The quantitative estimate of drug-likeness (QED) is 0.177. The summed E-state index contributed by atoms with van der Waals surface area (Å²) in [4.78, 5) is 21.7. The van der Waals surface area contributed by atoms with Gasteiger partial charge >= 0.3 is 7.82 Å². The zero-order valence-electron chi connectivity index (χ0n) is 17.7. The van der Waals surface area contributed by atoms with Gasteiger partial charge in [0.1, 0.15) is 23.1 Å². The predicted molar refractivity (Wildman–Crippen MR) is 123 cm³/mol. The third-order valence-electron chi connectivity index (χ3n) is 4.81. The van der Waals surface area contributed by atoms with Crippen LogP contribution in [0.15, 0.2) is 71.5 Å². The van der Waals surface area contributed by atoms with Crippen LogP contribution in [0.5, 0.6) is 5.75 Å². The summed E-state index contributed by atoms with van der Waals surface area (Å²) in [5.74, 6) is 1.36. The molecule has 0 saturated heterocycles. The molecule has 3 aromatic heterocycles. The Balaban J connectivity index is 1.40. The molecule has 0 aliphatic carbocycles. The summed E-state index contributed by atoms with van der Waals surface area (Å²) in [6.45, 7) is -0.0283. The zero-order chi connectivity index (χ0) is 24.1. The van der Waals surface area contributed by atoms with Gasteiger partial charge in [-0.2, -0.15) is 0 Å². The normalized spacial score (nSPS) is 11.5. The number of ether oxygens (including phenoxy) is 1. The number of benzene rings is 1. The Hall–Kier alpha value is -3.27. The van der Waals surface area contributed by atoms with Crippen molar-refractivity contribution in [2.75, 3.05) is 5.73 Å². The Morgan fingerprint density at radius 1 is 1.12 bits per heavy atom. The van der Waals surface area contributed by atoms with E-state index in [9.17, 15) is 4.57 Å². The maximum absolute atomic E-state index is 11.0. The smallest absolute Gasteiger partial charge is 0.472 e. The second kappa shape index (κ2) is 10.3. The number of hydrogen-bond acceptors (Lipinski definition) is 7. The SMILES string of the molecule is Nc1c(-c2cc(Cc3ccc(OCc4ccnc(Cl)c4)cc3)no2)ccc[n+]1COP(=O)(O)O.